The van der Waals surface area contributed by atoms with Crippen molar-refractivity contribution in [3.8, 4) is 0 Å². The van der Waals surface area contributed by atoms with Gasteiger partial charge in [0, 0.05) is 17.1 Å². The standard InChI is InChI=1S/C11H14BrClN2O2S/c12-8-3-4-11(10(13)6-8)18(16,17)15-9-2-1-5-14-7-9/h3-4,6,9,14-15H,1-2,5,7H2. The zero-order valence-electron chi connectivity index (χ0n) is 9.62. The summed E-state index contributed by atoms with van der Waals surface area (Å²) in [5.74, 6) is 0. The summed E-state index contributed by atoms with van der Waals surface area (Å²) in [7, 11) is -3.55. The molecule has 0 bridgehead atoms. The van der Waals surface area contributed by atoms with Crippen LogP contribution in [0.1, 0.15) is 12.8 Å². The first-order chi connectivity index (χ1) is 8.49. The van der Waals surface area contributed by atoms with E-state index >= 15 is 0 Å². The molecule has 0 aliphatic carbocycles. The minimum absolute atomic E-state index is 0.0662. The van der Waals surface area contributed by atoms with Crippen LogP contribution in [-0.4, -0.2) is 27.5 Å². The van der Waals surface area contributed by atoms with E-state index in [-0.39, 0.29) is 16.0 Å². The van der Waals surface area contributed by atoms with E-state index in [0.717, 1.165) is 23.9 Å². The third kappa shape index (κ3) is 3.45. The maximum absolute atomic E-state index is 12.2. The third-order valence-corrected chi connectivity index (χ3v) is 5.30. The second-order valence-corrected chi connectivity index (χ2v) is 7.24. The van der Waals surface area contributed by atoms with Crippen LogP contribution < -0.4 is 10.0 Å². The molecule has 1 fully saturated rings. The number of rotatable bonds is 3. The fourth-order valence-electron chi connectivity index (χ4n) is 1.93. The van der Waals surface area contributed by atoms with Crippen LogP contribution in [0, 0.1) is 0 Å². The number of hydrogen-bond donors (Lipinski definition) is 2. The highest BCUT2D eigenvalue weighted by atomic mass is 79.9. The van der Waals surface area contributed by atoms with Crippen molar-refractivity contribution in [2.75, 3.05) is 13.1 Å². The monoisotopic (exact) mass is 352 g/mol. The lowest BCUT2D eigenvalue weighted by Gasteiger charge is -2.23. The Bertz CT molecular complexity index is 530. The Balaban J connectivity index is 2.19. The van der Waals surface area contributed by atoms with E-state index in [9.17, 15) is 8.42 Å². The second-order valence-electron chi connectivity index (χ2n) is 4.24. The van der Waals surface area contributed by atoms with Crippen molar-refractivity contribution >= 4 is 37.6 Å². The molecule has 100 valence electrons. The van der Waals surface area contributed by atoms with Gasteiger partial charge in [0.1, 0.15) is 4.90 Å². The molecule has 1 atom stereocenters. The summed E-state index contributed by atoms with van der Waals surface area (Å²) in [6, 6.07) is 4.68. The van der Waals surface area contributed by atoms with Gasteiger partial charge in [0.15, 0.2) is 0 Å². The first-order valence-corrected chi connectivity index (χ1v) is 8.32. The van der Waals surface area contributed by atoms with Gasteiger partial charge in [0.05, 0.1) is 5.02 Å². The van der Waals surface area contributed by atoms with Gasteiger partial charge in [0.25, 0.3) is 0 Å². The second kappa shape index (κ2) is 5.88. The van der Waals surface area contributed by atoms with Gasteiger partial charge in [0.2, 0.25) is 10.0 Å². The highest BCUT2D eigenvalue weighted by molar-refractivity contribution is 9.10. The summed E-state index contributed by atoms with van der Waals surface area (Å²) in [4.78, 5) is 0.123. The van der Waals surface area contributed by atoms with Gasteiger partial charge >= 0.3 is 0 Å². The molecule has 4 nitrogen and oxygen atoms in total. The number of nitrogens with one attached hydrogen (secondary N) is 2. The average molecular weight is 354 g/mol. The molecule has 0 radical (unpaired) electrons. The Morgan fingerprint density at radius 3 is 2.83 bits per heavy atom. The van der Waals surface area contributed by atoms with E-state index in [1.165, 1.54) is 6.07 Å². The molecule has 1 heterocycles. The van der Waals surface area contributed by atoms with Crippen molar-refractivity contribution in [3.05, 3.63) is 27.7 Å². The molecular weight excluding hydrogens is 340 g/mol. The van der Waals surface area contributed by atoms with Gasteiger partial charge in [-0.1, -0.05) is 27.5 Å². The lowest BCUT2D eigenvalue weighted by Crippen LogP contribution is -2.45. The van der Waals surface area contributed by atoms with E-state index < -0.39 is 10.0 Å². The Morgan fingerprint density at radius 1 is 1.44 bits per heavy atom. The molecule has 7 heteroatoms. The lowest BCUT2D eigenvalue weighted by molar-refractivity contribution is 0.428. The minimum Gasteiger partial charge on any atom is -0.315 e. The van der Waals surface area contributed by atoms with E-state index in [2.05, 4.69) is 26.0 Å². The maximum atomic E-state index is 12.2. The van der Waals surface area contributed by atoms with Gasteiger partial charge < -0.3 is 5.32 Å². The van der Waals surface area contributed by atoms with Gasteiger partial charge in [-0.2, -0.15) is 0 Å². The zero-order valence-corrected chi connectivity index (χ0v) is 12.8. The van der Waals surface area contributed by atoms with Gasteiger partial charge in [-0.3, -0.25) is 0 Å². The van der Waals surface area contributed by atoms with Crippen LogP contribution in [0.2, 0.25) is 5.02 Å². The van der Waals surface area contributed by atoms with Crippen molar-refractivity contribution in [2.24, 2.45) is 0 Å². The summed E-state index contributed by atoms with van der Waals surface area (Å²) >= 11 is 9.22. The summed E-state index contributed by atoms with van der Waals surface area (Å²) in [5, 5.41) is 3.39. The Hall–Kier alpha value is -0.140. The Kier molecular flexibility index (Phi) is 4.66. The van der Waals surface area contributed by atoms with Crippen LogP contribution in [-0.2, 0) is 10.0 Å². The molecule has 0 spiro atoms. The van der Waals surface area contributed by atoms with Gasteiger partial charge in [-0.05, 0) is 37.6 Å². The van der Waals surface area contributed by atoms with E-state index in [1.54, 1.807) is 12.1 Å². The number of hydrogen-bond acceptors (Lipinski definition) is 3. The number of benzene rings is 1. The highest BCUT2D eigenvalue weighted by Gasteiger charge is 2.23. The SMILES string of the molecule is O=S(=O)(NC1CCCNC1)c1ccc(Br)cc1Cl. The number of sulfonamides is 1. The van der Waals surface area contributed by atoms with Crippen molar-refractivity contribution < 1.29 is 8.42 Å². The summed E-state index contributed by atoms with van der Waals surface area (Å²) in [6.07, 6.45) is 1.82. The molecule has 1 aromatic carbocycles. The summed E-state index contributed by atoms with van der Waals surface area (Å²) in [5.41, 5.74) is 0. The van der Waals surface area contributed by atoms with Gasteiger partial charge in [-0.15, -0.1) is 0 Å². The maximum Gasteiger partial charge on any atom is 0.242 e. The minimum atomic E-state index is -3.55. The van der Waals surface area contributed by atoms with Crippen LogP contribution in [0.4, 0.5) is 0 Å². The Morgan fingerprint density at radius 2 is 2.22 bits per heavy atom. The molecule has 2 N–H and O–H groups in total. The summed E-state index contributed by atoms with van der Waals surface area (Å²) in [6.45, 7) is 1.60. The molecule has 1 unspecified atom stereocenters. The predicted octanol–water partition coefficient (Wildman–Crippen LogP) is 2.13. The van der Waals surface area contributed by atoms with Gasteiger partial charge in [-0.25, -0.2) is 13.1 Å². The van der Waals surface area contributed by atoms with Crippen LogP contribution >= 0.6 is 27.5 Å². The zero-order chi connectivity index (χ0) is 13.2. The van der Waals surface area contributed by atoms with Crippen molar-refractivity contribution in [3.63, 3.8) is 0 Å². The molecule has 0 aromatic heterocycles. The summed E-state index contributed by atoms with van der Waals surface area (Å²) < 4.78 is 27.8. The highest BCUT2D eigenvalue weighted by Crippen LogP contribution is 2.25. The van der Waals surface area contributed by atoms with Crippen LogP contribution in [0.25, 0.3) is 0 Å². The molecular formula is C11H14BrClN2O2S. The normalized spacial score (nSPS) is 20.9. The van der Waals surface area contributed by atoms with E-state index in [0.29, 0.717) is 6.54 Å². The van der Waals surface area contributed by atoms with Crippen molar-refractivity contribution in [1.29, 1.82) is 0 Å². The molecule has 1 aliphatic rings. The van der Waals surface area contributed by atoms with Crippen LogP contribution in [0.3, 0.4) is 0 Å². The lowest BCUT2D eigenvalue weighted by atomic mass is 10.1. The quantitative estimate of drug-likeness (QED) is 0.875. The number of halogens is 2. The smallest absolute Gasteiger partial charge is 0.242 e. The largest absolute Gasteiger partial charge is 0.315 e. The van der Waals surface area contributed by atoms with Crippen molar-refractivity contribution in [1.82, 2.24) is 10.0 Å². The fraction of sp³-hybridized carbons (Fsp3) is 0.455. The predicted molar refractivity (Wildman–Crippen MR) is 75.4 cm³/mol. The Labute approximate surface area is 120 Å². The molecule has 0 amide bonds. The van der Waals surface area contributed by atoms with E-state index in [1.807, 2.05) is 0 Å². The topological polar surface area (TPSA) is 58.2 Å². The number of piperidine rings is 1. The molecule has 2 rings (SSSR count). The molecule has 1 aliphatic heterocycles. The van der Waals surface area contributed by atoms with Crippen LogP contribution in [0.5, 0.6) is 0 Å². The molecule has 1 aromatic rings. The first-order valence-electron chi connectivity index (χ1n) is 5.67. The van der Waals surface area contributed by atoms with E-state index in [4.69, 9.17) is 11.6 Å². The average Bonchev–Trinajstić information content (AvgIpc) is 2.29. The third-order valence-electron chi connectivity index (χ3n) is 2.80. The van der Waals surface area contributed by atoms with Crippen molar-refractivity contribution in [2.45, 2.75) is 23.8 Å². The molecule has 18 heavy (non-hydrogen) atoms. The molecule has 0 saturated carbocycles. The first kappa shape index (κ1) is 14.3. The fourth-order valence-corrected chi connectivity index (χ4v) is 4.24. The molecule has 1 saturated heterocycles. The van der Waals surface area contributed by atoms with Crippen LogP contribution in [0.15, 0.2) is 27.6 Å².